The number of aryl methyl sites for hydroxylation is 2. The zero-order valence-corrected chi connectivity index (χ0v) is 11.6. The van der Waals surface area contributed by atoms with Crippen molar-refractivity contribution in [1.29, 1.82) is 0 Å². The summed E-state index contributed by atoms with van der Waals surface area (Å²) in [7, 11) is 2.03. The molecule has 2 aromatic rings. The van der Waals surface area contributed by atoms with Crippen LogP contribution in [0.5, 0.6) is 0 Å². The summed E-state index contributed by atoms with van der Waals surface area (Å²) in [5.74, 6) is 2.56. The minimum atomic E-state index is 0.273. The second kappa shape index (κ2) is 5.22. The Bertz CT molecular complexity index is 558. The molecule has 100 valence electrons. The summed E-state index contributed by atoms with van der Waals surface area (Å²) in [5, 5.41) is 3.45. The lowest BCUT2D eigenvalue weighted by Crippen LogP contribution is -2.26. The third kappa shape index (κ3) is 2.33. The first kappa shape index (κ1) is 12.5. The molecule has 0 radical (unpaired) electrons. The average Bonchev–Trinajstić information content (AvgIpc) is 2.86. The molecular weight excluding hydrogens is 234 g/mol. The minimum Gasteiger partial charge on any atom is -0.465 e. The summed E-state index contributed by atoms with van der Waals surface area (Å²) >= 11 is 0. The molecule has 0 bridgehead atoms. The Morgan fingerprint density at radius 2 is 2.05 bits per heavy atom. The van der Waals surface area contributed by atoms with E-state index in [1.54, 1.807) is 0 Å². The second-order valence-corrected chi connectivity index (χ2v) is 5.41. The summed E-state index contributed by atoms with van der Waals surface area (Å²) in [6, 6.07) is 13.3. The third-order valence-electron chi connectivity index (χ3n) is 4.20. The van der Waals surface area contributed by atoms with Crippen LogP contribution in [0.25, 0.3) is 0 Å². The van der Waals surface area contributed by atoms with Crippen molar-refractivity contribution in [2.24, 2.45) is 0 Å². The van der Waals surface area contributed by atoms with Crippen molar-refractivity contribution in [2.75, 3.05) is 7.05 Å². The van der Waals surface area contributed by atoms with Gasteiger partial charge in [0, 0.05) is 5.92 Å². The maximum Gasteiger partial charge on any atom is 0.121 e. The van der Waals surface area contributed by atoms with Crippen LogP contribution in [-0.2, 0) is 6.42 Å². The van der Waals surface area contributed by atoms with E-state index in [2.05, 4.69) is 41.7 Å². The van der Waals surface area contributed by atoms with Gasteiger partial charge in [0.15, 0.2) is 0 Å². The molecule has 2 atom stereocenters. The van der Waals surface area contributed by atoms with Gasteiger partial charge in [-0.2, -0.15) is 0 Å². The summed E-state index contributed by atoms with van der Waals surface area (Å²) < 4.78 is 5.84. The van der Waals surface area contributed by atoms with Crippen LogP contribution in [0.3, 0.4) is 0 Å². The van der Waals surface area contributed by atoms with Crippen LogP contribution in [0.1, 0.15) is 47.4 Å². The molecule has 3 rings (SSSR count). The van der Waals surface area contributed by atoms with E-state index in [9.17, 15) is 0 Å². The van der Waals surface area contributed by atoms with E-state index >= 15 is 0 Å². The van der Waals surface area contributed by atoms with E-state index in [1.807, 2.05) is 14.0 Å². The monoisotopic (exact) mass is 255 g/mol. The molecule has 2 unspecified atom stereocenters. The number of furan rings is 1. The number of likely N-dealkylation sites (N-methyl/N-ethyl adjacent to an activating group) is 1. The van der Waals surface area contributed by atoms with Gasteiger partial charge >= 0.3 is 0 Å². The Morgan fingerprint density at radius 3 is 2.79 bits per heavy atom. The number of nitrogens with one attached hydrogen (secondary N) is 1. The van der Waals surface area contributed by atoms with E-state index in [0.717, 1.165) is 11.5 Å². The first-order chi connectivity index (χ1) is 9.29. The van der Waals surface area contributed by atoms with E-state index in [0.29, 0.717) is 5.92 Å². The van der Waals surface area contributed by atoms with Crippen LogP contribution in [0.4, 0.5) is 0 Å². The van der Waals surface area contributed by atoms with Gasteiger partial charge in [0.2, 0.25) is 0 Å². The van der Waals surface area contributed by atoms with Gasteiger partial charge in [-0.05, 0) is 56.5 Å². The lowest BCUT2D eigenvalue weighted by atomic mass is 9.78. The Morgan fingerprint density at radius 1 is 1.21 bits per heavy atom. The summed E-state index contributed by atoms with van der Waals surface area (Å²) in [6.45, 7) is 2.00. The zero-order chi connectivity index (χ0) is 13.2. The molecule has 0 fully saturated rings. The first-order valence-electron chi connectivity index (χ1n) is 7.11. The van der Waals surface area contributed by atoms with E-state index in [1.165, 1.54) is 30.4 Å². The zero-order valence-electron chi connectivity index (χ0n) is 11.6. The van der Waals surface area contributed by atoms with Gasteiger partial charge in [-0.25, -0.2) is 0 Å². The van der Waals surface area contributed by atoms with Crippen molar-refractivity contribution in [3.8, 4) is 0 Å². The summed E-state index contributed by atoms with van der Waals surface area (Å²) in [5.41, 5.74) is 2.99. The Kier molecular flexibility index (Phi) is 3.43. The predicted octanol–water partition coefficient (Wildman–Crippen LogP) is 3.97. The van der Waals surface area contributed by atoms with Crippen molar-refractivity contribution in [3.63, 3.8) is 0 Å². The van der Waals surface area contributed by atoms with Gasteiger partial charge < -0.3 is 9.73 Å². The van der Waals surface area contributed by atoms with Crippen LogP contribution in [0.15, 0.2) is 40.8 Å². The largest absolute Gasteiger partial charge is 0.465 e. The quantitative estimate of drug-likeness (QED) is 0.897. The fraction of sp³-hybridized carbons (Fsp3) is 0.412. The van der Waals surface area contributed by atoms with E-state index in [4.69, 9.17) is 4.42 Å². The van der Waals surface area contributed by atoms with Crippen molar-refractivity contribution in [2.45, 2.75) is 38.1 Å². The van der Waals surface area contributed by atoms with Gasteiger partial charge in [-0.15, -0.1) is 0 Å². The average molecular weight is 255 g/mol. The van der Waals surface area contributed by atoms with Crippen molar-refractivity contribution in [1.82, 2.24) is 5.32 Å². The number of benzene rings is 1. The maximum absolute atomic E-state index is 5.84. The fourth-order valence-corrected chi connectivity index (χ4v) is 3.30. The molecule has 1 aromatic carbocycles. The molecular formula is C17H21NO. The first-order valence-corrected chi connectivity index (χ1v) is 7.11. The maximum atomic E-state index is 5.84. The summed E-state index contributed by atoms with van der Waals surface area (Å²) in [4.78, 5) is 0. The lowest BCUT2D eigenvalue weighted by Gasteiger charge is -2.31. The SMILES string of the molecule is CNC(c1ccc(C)o1)C1CCCc2ccccc21. The molecule has 1 aliphatic rings. The molecule has 0 amide bonds. The number of hydrogen-bond acceptors (Lipinski definition) is 2. The van der Waals surface area contributed by atoms with Crippen molar-refractivity contribution >= 4 is 0 Å². The molecule has 19 heavy (non-hydrogen) atoms. The Hall–Kier alpha value is -1.54. The van der Waals surface area contributed by atoms with Crippen molar-refractivity contribution in [3.05, 3.63) is 59.0 Å². The Labute approximate surface area is 114 Å². The highest BCUT2D eigenvalue weighted by Crippen LogP contribution is 2.40. The number of fused-ring (bicyclic) bond motifs is 1. The molecule has 1 aromatic heterocycles. The van der Waals surface area contributed by atoms with Gasteiger partial charge in [-0.3, -0.25) is 0 Å². The number of hydrogen-bond donors (Lipinski definition) is 1. The highest BCUT2D eigenvalue weighted by atomic mass is 16.3. The molecule has 2 nitrogen and oxygen atoms in total. The van der Waals surface area contributed by atoms with Gasteiger partial charge in [0.25, 0.3) is 0 Å². The molecule has 0 aliphatic heterocycles. The van der Waals surface area contributed by atoms with Gasteiger partial charge in [-0.1, -0.05) is 24.3 Å². The molecule has 1 heterocycles. The second-order valence-electron chi connectivity index (χ2n) is 5.41. The fourth-order valence-electron chi connectivity index (χ4n) is 3.30. The lowest BCUT2D eigenvalue weighted by molar-refractivity contribution is 0.350. The third-order valence-corrected chi connectivity index (χ3v) is 4.20. The highest BCUT2D eigenvalue weighted by molar-refractivity contribution is 5.35. The Balaban J connectivity index is 1.97. The smallest absolute Gasteiger partial charge is 0.121 e. The standard InChI is InChI=1S/C17H21NO/c1-12-10-11-16(19-12)17(18-2)15-9-5-7-13-6-3-4-8-14(13)15/h3-4,6,8,10-11,15,17-18H,5,7,9H2,1-2H3. The minimum absolute atomic E-state index is 0.273. The van der Waals surface area contributed by atoms with Crippen LogP contribution < -0.4 is 5.32 Å². The molecule has 0 saturated carbocycles. The van der Waals surface area contributed by atoms with Crippen LogP contribution in [0.2, 0.25) is 0 Å². The van der Waals surface area contributed by atoms with Gasteiger partial charge in [0.1, 0.15) is 11.5 Å². The van der Waals surface area contributed by atoms with Gasteiger partial charge in [0.05, 0.1) is 6.04 Å². The van der Waals surface area contributed by atoms with Crippen LogP contribution in [-0.4, -0.2) is 7.05 Å². The topological polar surface area (TPSA) is 25.2 Å². The van der Waals surface area contributed by atoms with Crippen LogP contribution in [0, 0.1) is 6.92 Å². The highest BCUT2D eigenvalue weighted by Gasteiger charge is 2.29. The van der Waals surface area contributed by atoms with E-state index in [-0.39, 0.29) is 6.04 Å². The predicted molar refractivity (Wildman–Crippen MR) is 77.4 cm³/mol. The molecule has 0 saturated heterocycles. The number of rotatable bonds is 3. The normalized spacial score (nSPS) is 20.0. The van der Waals surface area contributed by atoms with Crippen molar-refractivity contribution < 1.29 is 4.42 Å². The molecule has 2 heteroatoms. The van der Waals surface area contributed by atoms with Crippen LogP contribution >= 0.6 is 0 Å². The molecule has 1 N–H and O–H groups in total. The molecule has 0 spiro atoms. The van der Waals surface area contributed by atoms with E-state index < -0.39 is 0 Å². The summed E-state index contributed by atoms with van der Waals surface area (Å²) in [6.07, 6.45) is 3.70. The molecule has 1 aliphatic carbocycles.